The third-order valence-corrected chi connectivity index (χ3v) is 19.7. The zero-order chi connectivity index (χ0) is 71.9. The minimum Gasteiger partial charge on any atom is -0.383 e. The average Bonchev–Trinajstić information content (AvgIpc) is 1.59. The van der Waals surface area contributed by atoms with Gasteiger partial charge in [0.1, 0.15) is 56.3 Å². The number of nitrogens with zero attached hydrogens (tertiary/aromatic N) is 15. The first-order valence-electron chi connectivity index (χ1n) is 34.9. The summed E-state index contributed by atoms with van der Waals surface area (Å²) in [4.78, 5) is 25.9. The van der Waals surface area contributed by atoms with Gasteiger partial charge in [-0.2, -0.15) is 20.4 Å². The number of rotatable bonds is 15. The predicted octanol–water partition coefficient (Wildman–Crippen LogP) is 15.7. The van der Waals surface area contributed by atoms with E-state index in [1.807, 2.05) is 146 Å². The maximum Gasteiger partial charge on any atom is 0.201 e. The Kier molecular flexibility index (Phi) is 17.5. The smallest absolute Gasteiger partial charge is 0.201 e. The monoisotopic (exact) mass is 1420 g/mol. The molecule has 3 fully saturated rings. The van der Waals surface area contributed by atoms with Crippen molar-refractivity contribution in [2.75, 3.05) is 47.4 Å². The number of hydrogen-bond donors (Lipinski definition) is 9. The van der Waals surface area contributed by atoms with E-state index in [0.29, 0.717) is 95.7 Å². The SMILES string of the molecule is CC(O)(c1noc2cc(Nc3n[nH]c4cccnc34)ccc12)C1CC1.CC1(F)CCN(Cc2noc3cc(Nc4[nH]nc5nccnc45)ccc23)CC1.CC1(F)CCN(Cc2noc3cc(Nc4n[nH]c5cccnc45)ccc23)CC1.c1ccc(-c2noc3cc(Nc4n[nH]c5cccnc45)ccc23)cc1. The maximum absolute atomic E-state index is 14.0. The fraction of sp³-hybridized carbons (Fsp3) is 0.250. The number of nitrogens with one attached hydrogen (secondary N) is 8. The molecule has 534 valence electrons. The minimum absolute atomic E-state index is 0.264. The van der Waals surface area contributed by atoms with E-state index in [1.54, 1.807) is 44.8 Å². The Hall–Kier alpha value is -12.7. The molecule has 1 saturated carbocycles. The van der Waals surface area contributed by atoms with Crippen LogP contribution >= 0.6 is 0 Å². The van der Waals surface area contributed by atoms with Crippen LogP contribution in [0, 0.1) is 5.92 Å². The molecule has 0 spiro atoms. The molecule has 0 radical (unpaired) electrons. The summed E-state index contributed by atoms with van der Waals surface area (Å²) in [6, 6.07) is 44.7. The summed E-state index contributed by atoms with van der Waals surface area (Å²) >= 11 is 0. The van der Waals surface area contributed by atoms with E-state index in [0.717, 1.165) is 145 Å². The standard InChI is InChI=1S/C20H21FN6O.C19H20FN7O.C19H13N5O.C18H17N5O2/c1-20(21)6-9-27(10-7-20)12-16-14-5-4-13(11-17(14)28-26-16)23-19-18-15(24-25-19)3-2-8-22-18;1-19(20)4-8-27(9-5-19)11-14-13-3-2-12(10-15(13)28-26-14)23-18-16-17(24-25-18)22-7-6-21-16;1-2-5-12(6-3-1)17-14-9-8-13(11-16(14)25-24-17)21-19-18-15(22-23-19)7-4-10-20-18;1-18(24,10-4-5-10)16-12-7-6-11(9-14(12)25-23-16)20-17-15-13(21-22-17)3-2-8-19-15/h2-5,8,11H,6-7,9-10,12H2,1H3,(H2,23,24,25);2-3,6-7,10H,4-5,8-9,11H2,1H3,(H2,22,23,24,25);1-11H,(H2,21,22,23);2-3,6-10,24H,4-5H2,1H3,(H2,20,21,22). The van der Waals surface area contributed by atoms with Crippen molar-refractivity contribution in [3.05, 3.63) is 188 Å². The largest absolute Gasteiger partial charge is 0.383 e. The molecule has 1 aliphatic carbocycles. The first-order chi connectivity index (χ1) is 51.7. The Bertz CT molecular complexity index is 5770. The van der Waals surface area contributed by atoms with Gasteiger partial charge in [0.2, 0.25) is 5.65 Å². The van der Waals surface area contributed by atoms with Crippen molar-refractivity contribution in [3.63, 3.8) is 0 Å². The molecule has 14 heterocycles. The van der Waals surface area contributed by atoms with Crippen molar-refractivity contribution < 1.29 is 32.0 Å². The van der Waals surface area contributed by atoms with Crippen LogP contribution < -0.4 is 21.3 Å². The lowest BCUT2D eigenvalue weighted by molar-refractivity contribution is 0.0270. The van der Waals surface area contributed by atoms with Crippen molar-refractivity contribution in [2.24, 2.45) is 5.92 Å². The van der Waals surface area contributed by atoms with Gasteiger partial charge in [-0.15, -0.1) is 0 Å². The lowest BCUT2D eigenvalue weighted by Gasteiger charge is -2.33. The highest BCUT2D eigenvalue weighted by atomic mass is 19.1. The van der Waals surface area contributed by atoms with Crippen molar-refractivity contribution in [1.29, 1.82) is 0 Å². The number of aromatic nitrogens is 17. The van der Waals surface area contributed by atoms with Gasteiger partial charge in [0.25, 0.3) is 0 Å². The van der Waals surface area contributed by atoms with Crippen LogP contribution in [0.5, 0.6) is 0 Å². The number of benzene rings is 5. The summed E-state index contributed by atoms with van der Waals surface area (Å²) in [5.41, 5.74) is 13.5. The normalized spacial score (nSPS) is 15.8. The third-order valence-electron chi connectivity index (χ3n) is 19.7. The van der Waals surface area contributed by atoms with Gasteiger partial charge in [-0.25, -0.2) is 18.7 Å². The van der Waals surface area contributed by atoms with E-state index in [-0.39, 0.29) is 5.92 Å². The Labute approximate surface area is 601 Å². The summed E-state index contributed by atoms with van der Waals surface area (Å²) < 4.78 is 50.0. The number of alkyl halides is 2. The molecule has 9 N–H and O–H groups in total. The summed E-state index contributed by atoms with van der Waals surface area (Å²) in [6.45, 7) is 9.45. The quantitative estimate of drug-likeness (QED) is 0.0460. The lowest BCUT2D eigenvalue weighted by Crippen LogP contribution is -2.39. The maximum atomic E-state index is 14.0. The second kappa shape index (κ2) is 27.8. The first kappa shape index (κ1) is 66.6. The predicted molar refractivity (Wildman–Crippen MR) is 398 cm³/mol. The highest BCUT2D eigenvalue weighted by molar-refractivity contribution is 5.96. The van der Waals surface area contributed by atoms with Crippen LogP contribution in [0.3, 0.4) is 0 Å². The number of aromatic amines is 4. The van der Waals surface area contributed by atoms with Gasteiger partial charge in [-0.05, 0) is 150 Å². The molecule has 5 aromatic carbocycles. The van der Waals surface area contributed by atoms with E-state index in [9.17, 15) is 13.9 Å². The van der Waals surface area contributed by atoms with Gasteiger partial charge in [-0.3, -0.25) is 45.1 Å². The number of likely N-dealkylation sites (tertiary alicyclic amines) is 2. The second-order valence-corrected chi connectivity index (χ2v) is 27.6. The second-order valence-electron chi connectivity index (χ2n) is 27.6. The molecule has 1 atom stereocenters. The summed E-state index contributed by atoms with van der Waals surface area (Å²) in [6.07, 6.45) is 12.7. The average molecular weight is 1420 g/mol. The number of halogens is 2. The van der Waals surface area contributed by atoms with E-state index in [2.05, 4.69) is 117 Å². The van der Waals surface area contributed by atoms with Gasteiger partial charge in [-0.1, -0.05) is 51.0 Å². The number of anilines is 8. The molecule has 0 amide bonds. The van der Waals surface area contributed by atoms with E-state index < -0.39 is 16.9 Å². The number of fused-ring (bicyclic) bond motifs is 8. The molecule has 2 aliphatic heterocycles. The van der Waals surface area contributed by atoms with E-state index >= 15 is 0 Å². The molecular weight excluding hydrogens is 1350 g/mol. The number of piperidine rings is 2. The van der Waals surface area contributed by atoms with Crippen LogP contribution in [0.15, 0.2) is 189 Å². The molecule has 2 saturated heterocycles. The van der Waals surface area contributed by atoms with Crippen molar-refractivity contribution in [2.45, 2.75) is 89.3 Å². The van der Waals surface area contributed by atoms with Crippen molar-refractivity contribution in [1.82, 2.24) is 96.1 Å². The third kappa shape index (κ3) is 14.0. The highest BCUT2D eigenvalue weighted by Gasteiger charge is 2.44. The van der Waals surface area contributed by atoms with Crippen LogP contribution in [0.2, 0.25) is 0 Å². The summed E-state index contributed by atoms with van der Waals surface area (Å²) in [5, 5.41) is 73.1. The molecule has 17 aromatic rings. The number of pyridine rings is 3. The Morgan fingerprint density at radius 3 is 1.39 bits per heavy atom. The molecule has 30 heteroatoms. The zero-order valence-electron chi connectivity index (χ0n) is 57.8. The zero-order valence-corrected chi connectivity index (χ0v) is 57.8. The highest BCUT2D eigenvalue weighted by Crippen LogP contribution is 2.47. The molecule has 20 rings (SSSR count). The van der Waals surface area contributed by atoms with Gasteiger partial charge in [0.15, 0.2) is 51.1 Å². The number of hydrogen-bond acceptors (Lipinski definition) is 24. The molecule has 28 nitrogen and oxygen atoms in total. The Balaban J connectivity index is 0.000000104. The fourth-order valence-electron chi connectivity index (χ4n) is 13.4. The van der Waals surface area contributed by atoms with Gasteiger partial charge < -0.3 is 44.5 Å². The molecule has 106 heavy (non-hydrogen) atoms. The molecule has 1 unspecified atom stereocenters. The Morgan fingerprint density at radius 2 is 0.887 bits per heavy atom. The molecule has 12 aromatic heterocycles. The lowest BCUT2D eigenvalue weighted by atomic mass is 9.94. The van der Waals surface area contributed by atoms with Crippen LogP contribution in [-0.4, -0.2) is 139 Å². The molecule has 0 bridgehead atoms. The fourth-order valence-corrected chi connectivity index (χ4v) is 13.4. The van der Waals surface area contributed by atoms with Gasteiger partial charge in [0.05, 0.1) is 16.6 Å². The van der Waals surface area contributed by atoms with E-state index in [4.69, 9.17) is 18.1 Å². The first-order valence-corrected chi connectivity index (χ1v) is 34.9. The van der Waals surface area contributed by atoms with Crippen molar-refractivity contribution in [3.8, 4) is 11.3 Å². The Morgan fingerprint density at radius 1 is 0.462 bits per heavy atom. The van der Waals surface area contributed by atoms with Crippen molar-refractivity contribution >= 4 is 134 Å². The van der Waals surface area contributed by atoms with Gasteiger partial charge >= 0.3 is 0 Å². The topological polar surface area (TPSA) is 358 Å². The summed E-state index contributed by atoms with van der Waals surface area (Å²) in [5.74, 6) is 2.93. The molecule has 3 aliphatic rings. The van der Waals surface area contributed by atoms with Crippen LogP contribution in [0.1, 0.15) is 76.4 Å². The van der Waals surface area contributed by atoms with Crippen LogP contribution in [-0.2, 0) is 18.7 Å². The summed E-state index contributed by atoms with van der Waals surface area (Å²) in [7, 11) is 0. The van der Waals surface area contributed by atoms with Crippen LogP contribution in [0.25, 0.3) is 99.4 Å². The number of aliphatic hydroxyl groups is 1. The molecular formula is C76H71F2N23O5. The van der Waals surface area contributed by atoms with Gasteiger partial charge in [0, 0.05) is 144 Å². The van der Waals surface area contributed by atoms with Crippen LogP contribution in [0.4, 0.5) is 54.8 Å². The minimum atomic E-state index is -1.05. The number of H-pyrrole nitrogens is 4. The van der Waals surface area contributed by atoms with E-state index in [1.165, 1.54) is 0 Å².